The lowest BCUT2D eigenvalue weighted by Gasteiger charge is -2.31. The fourth-order valence-electron chi connectivity index (χ4n) is 3.73. The molecular formula is C19H17F3N8O. The number of fused-ring (bicyclic) bond motifs is 2. The number of benzene rings is 1. The molecule has 5 rings (SSSR count). The van der Waals surface area contributed by atoms with E-state index in [9.17, 15) is 18.0 Å². The lowest BCUT2D eigenvalue weighted by molar-refractivity contribution is -0.146. The normalized spacial score (nSPS) is 15.6. The molecule has 1 aliphatic rings. The van der Waals surface area contributed by atoms with Gasteiger partial charge in [0.2, 0.25) is 11.9 Å². The monoisotopic (exact) mass is 430 g/mol. The molecule has 0 aliphatic carbocycles. The summed E-state index contributed by atoms with van der Waals surface area (Å²) in [6.45, 7) is 0.973. The zero-order valence-electron chi connectivity index (χ0n) is 16.1. The number of aromatic nitrogens is 6. The summed E-state index contributed by atoms with van der Waals surface area (Å²) in [5, 5.41) is 13.6. The van der Waals surface area contributed by atoms with E-state index in [1.165, 1.54) is 6.07 Å². The second-order valence-corrected chi connectivity index (χ2v) is 7.34. The summed E-state index contributed by atoms with van der Waals surface area (Å²) in [6.07, 6.45) is -3.56. The minimum Gasteiger partial charge on any atom is -0.355 e. The maximum Gasteiger partial charge on any atom is 0.453 e. The highest BCUT2D eigenvalue weighted by molar-refractivity contribution is 5.92. The van der Waals surface area contributed by atoms with E-state index >= 15 is 0 Å². The Hall–Kier alpha value is -3.70. The Morgan fingerprint density at radius 2 is 1.87 bits per heavy atom. The van der Waals surface area contributed by atoms with Crippen LogP contribution in [0.25, 0.3) is 16.7 Å². The van der Waals surface area contributed by atoms with Crippen LogP contribution in [0, 0.1) is 5.92 Å². The van der Waals surface area contributed by atoms with Crippen molar-refractivity contribution in [1.82, 2.24) is 29.8 Å². The van der Waals surface area contributed by atoms with Gasteiger partial charge in [0.1, 0.15) is 5.82 Å². The summed E-state index contributed by atoms with van der Waals surface area (Å²) in [5.41, 5.74) is 1.62. The van der Waals surface area contributed by atoms with Crippen LogP contribution < -0.4 is 10.2 Å². The number of piperidine rings is 1. The van der Waals surface area contributed by atoms with Crippen LogP contribution in [0.4, 0.5) is 24.9 Å². The Labute approximate surface area is 173 Å². The van der Waals surface area contributed by atoms with E-state index in [4.69, 9.17) is 0 Å². The summed E-state index contributed by atoms with van der Waals surface area (Å²) in [5.74, 6) is -0.749. The zero-order valence-corrected chi connectivity index (χ0v) is 16.1. The molecule has 9 nitrogen and oxygen atoms in total. The van der Waals surface area contributed by atoms with E-state index in [2.05, 4.69) is 30.6 Å². The maximum absolute atomic E-state index is 13.1. The summed E-state index contributed by atoms with van der Waals surface area (Å²) < 4.78 is 40.0. The first-order valence-corrected chi connectivity index (χ1v) is 9.69. The molecule has 0 atom stereocenters. The minimum absolute atomic E-state index is 0.0242. The van der Waals surface area contributed by atoms with Crippen LogP contribution in [0.3, 0.4) is 0 Å². The highest BCUT2D eigenvalue weighted by Crippen LogP contribution is 2.29. The molecule has 0 unspecified atom stereocenters. The van der Waals surface area contributed by atoms with E-state index in [1.54, 1.807) is 6.07 Å². The smallest absolute Gasteiger partial charge is 0.355 e. The summed E-state index contributed by atoms with van der Waals surface area (Å²) >= 11 is 0. The van der Waals surface area contributed by atoms with Crippen molar-refractivity contribution in [1.29, 1.82) is 0 Å². The van der Waals surface area contributed by atoms with Crippen LogP contribution >= 0.6 is 0 Å². The Morgan fingerprint density at radius 1 is 1.10 bits per heavy atom. The van der Waals surface area contributed by atoms with Gasteiger partial charge in [-0.1, -0.05) is 12.1 Å². The fraction of sp³-hybridized carbons (Fsp3) is 0.316. The lowest BCUT2D eigenvalue weighted by atomic mass is 9.96. The molecule has 0 bridgehead atoms. The van der Waals surface area contributed by atoms with Gasteiger partial charge in [-0.15, -0.1) is 15.3 Å². The molecule has 160 valence electrons. The molecule has 0 radical (unpaired) electrons. The standard InChI is InChI=1S/C19H17F3N8O/c20-19(21,22)17-27-26-14-5-6-15(28-30(14)17)29-9-7-11(8-10-29)16(31)25-18-23-12-3-1-2-4-13(12)24-18/h1-6,11H,7-10H2,(H2,23,24,25,31). The van der Waals surface area contributed by atoms with Crippen molar-refractivity contribution in [3.8, 4) is 0 Å². The number of alkyl halides is 3. The number of rotatable bonds is 3. The Bertz CT molecular complexity index is 1220. The molecule has 1 aliphatic heterocycles. The number of nitrogens with one attached hydrogen (secondary N) is 2. The quantitative estimate of drug-likeness (QED) is 0.518. The second kappa shape index (κ2) is 7.22. The number of para-hydroxylation sites is 2. The van der Waals surface area contributed by atoms with E-state index < -0.39 is 12.0 Å². The molecular weight excluding hydrogens is 413 g/mol. The second-order valence-electron chi connectivity index (χ2n) is 7.34. The number of carbonyl (C=O) groups is 1. The number of amides is 1. The number of nitrogens with zero attached hydrogens (tertiary/aromatic N) is 6. The number of H-pyrrole nitrogens is 1. The molecule has 1 aromatic carbocycles. The molecule has 31 heavy (non-hydrogen) atoms. The third kappa shape index (κ3) is 3.64. The van der Waals surface area contributed by atoms with Crippen LogP contribution in [0.5, 0.6) is 0 Å². The minimum atomic E-state index is -4.65. The van der Waals surface area contributed by atoms with Crippen molar-refractivity contribution in [3.05, 3.63) is 42.2 Å². The first-order valence-electron chi connectivity index (χ1n) is 9.69. The zero-order chi connectivity index (χ0) is 21.6. The van der Waals surface area contributed by atoms with Crippen LogP contribution in [0.2, 0.25) is 0 Å². The maximum atomic E-state index is 13.1. The van der Waals surface area contributed by atoms with E-state index in [1.807, 2.05) is 29.2 Å². The lowest BCUT2D eigenvalue weighted by Crippen LogP contribution is -2.39. The number of aromatic amines is 1. The van der Waals surface area contributed by atoms with Gasteiger partial charge >= 0.3 is 6.18 Å². The number of carbonyl (C=O) groups excluding carboxylic acids is 1. The Balaban J connectivity index is 1.26. The van der Waals surface area contributed by atoms with E-state index in [-0.39, 0.29) is 17.5 Å². The van der Waals surface area contributed by atoms with Crippen molar-refractivity contribution < 1.29 is 18.0 Å². The van der Waals surface area contributed by atoms with Gasteiger partial charge in [-0.25, -0.2) is 4.98 Å². The van der Waals surface area contributed by atoms with Crippen molar-refractivity contribution in [3.63, 3.8) is 0 Å². The van der Waals surface area contributed by atoms with Crippen LogP contribution in [0.1, 0.15) is 18.7 Å². The summed E-state index contributed by atoms with van der Waals surface area (Å²) in [6, 6.07) is 10.5. The highest BCUT2D eigenvalue weighted by Gasteiger charge is 2.38. The summed E-state index contributed by atoms with van der Waals surface area (Å²) in [7, 11) is 0. The van der Waals surface area contributed by atoms with Crippen molar-refractivity contribution in [2.45, 2.75) is 19.0 Å². The molecule has 12 heteroatoms. The van der Waals surface area contributed by atoms with Gasteiger partial charge in [0.15, 0.2) is 5.65 Å². The molecule has 1 amide bonds. The average molecular weight is 430 g/mol. The van der Waals surface area contributed by atoms with Gasteiger partial charge in [0.25, 0.3) is 5.82 Å². The molecule has 3 aromatic heterocycles. The molecule has 1 saturated heterocycles. The van der Waals surface area contributed by atoms with Crippen molar-refractivity contribution >= 4 is 34.4 Å². The highest BCUT2D eigenvalue weighted by atomic mass is 19.4. The first-order chi connectivity index (χ1) is 14.9. The van der Waals surface area contributed by atoms with Crippen LogP contribution in [0.15, 0.2) is 36.4 Å². The van der Waals surface area contributed by atoms with E-state index in [0.29, 0.717) is 42.2 Å². The van der Waals surface area contributed by atoms with Gasteiger partial charge in [-0.05, 0) is 37.1 Å². The molecule has 4 heterocycles. The summed E-state index contributed by atoms with van der Waals surface area (Å²) in [4.78, 5) is 21.9. The third-order valence-corrected chi connectivity index (χ3v) is 5.32. The van der Waals surface area contributed by atoms with Crippen molar-refractivity contribution in [2.24, 2.45) is 5.92 Å². The topological polar surface area (TPSA) is 104 Å². The molecule has 4 aromatic rings. The van der Waals surface area contributed by atoms with Gasteiger partial charge in [0.05, 0.1) is 11.0 Å². The average Bonchev–Trinajstić information content (AvgIpc) is 3.36. The first kappa shape index (κ1) is 19.3. The predicted octanol–water partition coefficient (Wildman–Crippen LogP) is 2.87. The van der Waals surface area contributed by atoms with Gasteiger partial charge in [-0.3, -0.25) is 10.1 Å². The van der Waals surface area contributed by atoms with Gasteiger partial charge < -0.3 is 9.88 Å². The molecule has 2 N–H and O–H groups in total. The SMILES string of the molecule is O=C(Nc1nc2ccccc2[nH]1)C1CCN(c2ccc3nnc(C(F)(F)F)n3n2)CC1. The predicted molar refractivity (Wildman–Crippen MR) is 105 cm³/mol. The number of hydrogen-bond donors (Lipinski definition) is 2. The van der Waals surface area contributed by atoms with E-state index in [0.717, 1.165) is 11.0 Å². The fourth-order valence-corrected chi connectivity index (χ4v) is 3.73. The van der Waals surface area contributed by atoms with Crippen LogP contribution in [-0.2, 0) is 11.0 Å². The molecule has 0 saturated carbocycles. The van der Waals surface area contributed by atoms with Gasteiger partial charge in [-0.2, -0.15) is 17.7 Å². The van der Waals surface area contributed by atoms with Crippen molar-refractivity contribution in [2.75, 3.05) is 23.3 Å². The molecule has 1 fully saturated rings. The number of anilines is 2. The van der Waals surface area contributed by atoms with Crippen LogP contribution in [-0.4, -0.2) is 48.8 Å². The Kier molecular flexibility index (Phi) is 4.49. The number of hydrogen-bond acceptors (Lipinski definition) is 6. The Morgan fingerprint density at radius 3 is 2.61 bits per heavy atom. The largest absolute Gasteiger partial charge is 0.453 e. The van der Waals surface area contributed by atoms with Gasteiger partial charge in [0, 0.05) is 19.0 Å². The third-order valence-electron chi connectivity index (χ3n) is 5.32. The molecule has 0 spiro atoms. The number of halogens is 3. The number of imidazole rings is 1.